The number of nitrogens with one attached hydrogen (secondary N) is 1. The second kappa shape index (κ2) is 13.0. The molecular weight excluding hydrogens is 444 g/mol. The molecule has 2 unspecified atom stereocenters. The molecule has 0 aromatic heterocycles. The van der Waals surface area contributed by atoms with Gasteiger partial charge >= 0.3 is 0 Å². The summed E-state index contributed by atoms with van der Waals surface area (Å²) in [5, 5.41) is 3.74. The van der Waals surface area contributed by atoms with E-state index in [1.807, 2.05) is 98.8 Å². The molecule has 3 aromatic rings. The third-order valence-electron chi connectivity index (χ3n) is 6.01. The standard InChI is InChI=1S/C29H33ClN2O2/c1-3-22(2)31-29(34)27(20-24-12-8-5-9-13-24)32(21-25-14-17-26(30)18-15-25)28(33)19-16-23-10-6-4-7-11-23/h4-15,17-18,22,27H,3,16,19-21H2,1-2H3,(H,31,34). The number of carbonyl (C=O) groups excluding carboxylic acids is 2. The van der Waals surface area contributed by atoms with E-state index in [0.717, 1.165) is 23.1 Å². The summed E-state index contributed by atoms with van der Waals surface area (Å²) in [6, 6.07) is 26.7. The van der Waals surface area contributed by atoms with Crippen LogP contribution in [0.25, 0.3) is 0 Å². The van der Waals surface area contributed by atoms with Gasteiger partial charge in [0.25, 0.3) is 0 Å². The predicted molar refractivity (Wildman–Crippen MR) is 139 cm³/mol. The molecule has 0 spiro atoms. The van der Waals surface area contributed by atoms with Gasteiger partial charge in [-0.25, -0.2) is 0 Å². The van der Waals surface area contributed by atoms with Crippen molar-refractivity contribution in [1.29, 1.82) is 0 Å². The first-order chi connectivity index (χ1) is 16.5. The van der Waals surface area contributed by atoms with Crippen LogP contribution in [0, 0.1) is 0 Å². The number of hydrogen-bond acceptors (Lipinski definition) is 2. The Morgan fingerprint density at radius 2 is 1.44 bits per heavy atom. The molecule has 0 fully saturated rings. The van der Waals surface area contributed by atoms with Crippen molar-refractivity contribution in [3.63, 3.8) is 0 Å². The van der Waals surface area contributed by atoms with Crippen molar-refractivity contribution in [2.45, 2.75) is 58.2 Å². The number of nitrogens with zero attached hydrogens (tertiary/aromatic N) is 1. The van der Waals surface area contributed by atoms with Crippen LogP contribution in [0.4, 0.5) is 0 Å². The van der Waals surface area contributed by atoms with E-state index >= 15 is 0 Å². The molecule has 5 heteroatoms. The number of rotatable bonds is 11. The molecule has 0 saturated carbocycles. The maximum absolute atomic E-state index is 13.6. The van der Waals surface area contributed by atoms with Crippen molar-refractivity contribution < 1.29 is 9.59 Å². The molecule has 178 valence electrons. The molecule has 4 nitrogen and oxygen atoms in total. The predicted octanol–water partition coefficient (Wildman–Crippen LogP) is 5.83. The average molecular weight is 477 g/mol. The highest BCUT2D eigenvalue weighted by molar-refractivity contribution is 6.30. The molecule has 0 bridgehead atoms. The zero-order valence-corrected chi connectivity index (χ0v) is 20.7. The van der Waals surface area contributed by atoms with E-state index in [1.165, 1.54) is 0 Å². The van der Waals surface area contributed by atoms with Gasteiger partial charge in [-0.3, -0.25) is 9.59 Å². The maximum Gasteiger partial charge on any atom is 0.243 e. The maximum atomic E-state index is 13.6. The topological polar surface area (TPSA) is 49.4 Å². The Labute approximate surface area is 207 Å². The summed E-state index contributed by atoms with van der Waals surface area (Å²) in [6.07, 6.45) is 2.23. The van der Waals surface area contributed by atoms with E-state index in [9.17, 15) is 9.59 Å². The molecule has 1 N–H and O–H groups in total. The Hall–Kier alpha value is -3.11. The number of hydrogen-bond donors (Lipinski definition) is 1. The van der Waals surface area contributed by atoms with Crippen molar-refractivity contribution in [2.24, 2.45) is 0 Å². The molecular formula is C29H33ClN2O2. The SMILES string of the molecule is CCC(C)NC(=O)C(Cc1ccccc1)N(Cc1ccc(Cl)cc1)C(=O)CCc1ccccc1. The third-order valence-corrected chi connectivity index (χ3v) is 6.26. The lowest BCUT2D eigenvalue weighted by Gasteiger charge is -2.32. The van der Waals surface area contributed by atoms with E-state index in [2.05, 4.69) is 5.32 Å². The summed E-state index contributed by atoms with van der Waals surface area (Å²) in [6.45, 7) is 4.36. The minimum Gasteiger partial charge on any atom is -0.352 e. The molecule has 0 radical (unpaired) electrons. The highest BCUT2D eigenvalue weighted by Crippen LogP contribution is 2.18. The number of amides is 2. The molecule has 0 aliphatic rings. The Kier molecular flexibility index (Phi) is 9.72. The molecule has 3 rings (SSSR count). The fourth-order valence-corrected chi connectivity index (χ4v) is 3.95. The number of halogens is 1. The number of benzene rings is 3. The quantitative estimate of drug-likeness (QED) is 0.378. The van der Waals surface area contributed by atoms with Gasteiger partial charge in [-0.15, -0.1) is 0 Å². The Bertz CT molecular complexity index is 1040. The van der Waals surface area contributed by atoms with Gasteiger partial charge in [0, 0.05) is 30.5 Å². The van der Waals surface area contributed by atoms with Gasteiger partial charge in [0.05, 0.1) is 0 Å². The summed E-state index contributed by atoms with van der Waals surface area (Å²) in [5.41, 5.74) is 3.06. The third kappa shape index (κ3) is 7.74. The Morgan fingerprint density at radius 3 is 2.03 bits per heavy atom. The molecule has 2 atom stereocenters. The van der Waals surface area contributed by atoms with Gasteiger partial charge in [-0.2, -0.15) is 0 Å². The summed E-state index contributed by atoms with van der Waals surface area (Å²) >= 11 is 6.08. The lowest BCUT2D eigenvalue weighted by molar-refractivity contribution is -0.141. The lowest BCUT2D eigenvalue weighted by atomic mass is 10.0. The van der Waals surface area contributed by atoms with Crippen LogP contribution >= 0.6 is 11.6 Å². The van der Waals surface area contributed by atoms with Gasteiger partial charge in [-0.1, -0.05) is 91.3 Å². The molecule has 0 aliphatic carbocycles. The Morgan fingerprint density at radius 1 is 0.853 bits per heavy atom. The van der Waals surface area contributed by atoms with E-state index < -0.39 is 6.04 Å². The number of aryl methyl sites for hydroxylation is 1. The van der Waals surface area contributed by atoms with Crippen molar-refractivity contribution in [2.75, 3.05) is 0 Å². The molecule has 0 aliphatic heterocycles. The van der Waals surface area contributed by atoms with Crippen LogP contribution in [0.1, 0.15) is 43.4 Å². The second-order valence-corrected chi connectivity index (χ2v) is 9.09. The zero-order valence-electron chi connectivity index (χ0n) is 19.9. The van der Waals surface area contributed by atoms with Gasteiger partial charge < -0.3 is 10.2 Å². The van der Waals surface area contributed by atoms with E-state index in [0.29, 0.717) is 30.8 Å². The van der Waals surface area contributed by atoms with Crippen LogP contribution in [0.5, 0.6) is 0 Å². The second-order valence-electron chi connectivity index (χ2n) is 8.66. The summed E-state index contributed by atoms with van der Waals surface area (Å²) in [7, 11) is 0. The van der Waals surface area contributed by atoms with Crippen LogP contribution in [-0.2, 0) is 29.0 Å². The van der Waals surface area contributed by atoms with E-state index in [-0.39, 0.29) is 17.9 Å². The molecule has 34 heavy (non-hydrogen) atoms. The van der Waals surface area contributed by atoms with Crippen molar-refractivity contribution in [1.82, 2.24) is 10.2 Å². The zero-order chi connectivity index (χ0) is 24.3. The minimum absolute atomic E-state index is 0.0302. The molecule has 0 heterocycles. The van der Waals surface area contributed by atoms with Gasteiger partial charge in [-0.05, 0) is 48.6 Å². The molecule has 3 aromatic carbocycles. The summed E-state index contributed by atoms with van der Waals surface area (Å²) in [4.78, 5) is 28.8. The van der Waals surface area contributed by atoms with Crippen LogP contribution in [0.2, 0.25) is 5.02 Å². The normalized spacial score (nSPS) is 12.6. The van der Waals surface area contributed by atoms with Gasteiger partial charge in [0.1, 0.15) is 6.04 Å². The van der Waals surface area contributed by atoms with Gasteiger partial charge in [0.15, 0.2) is 0 Å². The average Bonchev–Trinajstić information content (AvgIpc) is 2.87. The minimum atomic E-state index is -0.615. The largest absolute Gasteiger partial charge is 0.352 e. The Balaban J connectivity index is 1.90. The molecule has 0 saturated heterocycles. The first-order valence-corrected chi connectivity index (χ1v) is 12.3. The van der Waals surface area contributed by atoms with Crippen LogP contribution in [-0.4, -0.2) is 28.8 Å². The van der Waals surface area contributed by atoms with Crippen molar-refractivity contribution >= 4 is 23.4 Å². The number of carbonyl (C=O) groups is 2. The fourth-order valence-electron chi connectivity index (χ4n) is 3.82. The lowest BCUT2D eigenvalue weighted by Crippen LogP contribution is -2.52. The monoisotopic (exact) mass is 476 g/mol. The van der Waals surface area contributed by atoms with E-state index in [4.69, 9.17) is 11.6 Å². The first kappa shape index (κ1) is 25.5. The highest BCUT2D eigenvalue weighted by Gasteiger charge is 2.30. The smallest absolute Gasteiger partial charge is 0.243 e. The fraction of sp³-hybridized carbons (Fsp3) is 0.310. The molecule has 2 amide bonds. The van der Waals surface area contributed by atoms with Gasteiger partial charge in [0.2, 0.25) is 11.8 Å². The summed E-state index contributed by atoms with van der Waals surface area (Å²) < 4.78 is 0. The summed E-state index contributed by atoms with van der Waals surface area (Å²) in [5.74, 6) is -0.167. The van der Waals surface area contributed by atoms with Crippen LogP contribution in [0.3, 0.4) is 0 Å². The van der Waals surface area contributed by atoms with Crippen LogP contribution in [0.15, 0.2) is 84.9 Å². The first-order valence-electron chi connectivity index (χ1n) is 11.9. The highest BCUT2D eigenvalue weighted by atomic mass is 35.5. The van der Waals surface area contributed by atoms with Crippen LogP contribution < -0.4 is 5.32 Å². The van der Waals surface area contributed by atoms with Crippen molar-refractivity contribution in [3.8, 4) is 0 Å². The van der Waals surface area contributed by atoms with Crippen molar-refractivity contribution in [3.05, 3.63) is 107 Å². The van der Waals surface area contributed by atoms with E-state index in [1.54, 1.807) is 4.90 Å².